The normalized spacial score (nSPS) is 16.4. The third-order valence-corrected chi connectivity index (χ3v) is 8.41. The summed E-state index contributed by atoms with van der Waals surface area (Å²) in [4.78, 5) is 15.4. The molecule has 0 saturated carbocycles. The second-order valence-corrected chi connectivity index (χ2v) is 11.0. The first-order valence-corrected chi connectivity index (χ1v) is 14.4. The summed E-state index contributed by atoms with van der Waals surface area (Å²) in [6, 6.07) is 26.2. The number of rotatable bonds is 6. The molecule has 2 aliphatic rings. The van der Waals surface area contributed by atoms with Gasteiger partial charge in [0, 0.05) is 54.1 Å². The van der Waals surface area contributed by atoms with Crippen LogP contribution in [0.3, 0.4) is 0 Å². The molecule has 2 aromatic heterocycles. The van der Waals surface area contributed by atoms with Crippen LogP contribution in [-0.2, 0) is 9.47 Å². The fraction of sp³-hybridized carbons (Fsp3) is 0.226. The zero-order valence-electron chi connectivity index (χ0n) is 21.9. The van der Waals surface area contributed by atoms with Gasteiger partial charge in [-0.15, -0.1) is 11.3 Å². The number of hydrogen-bond donors (Lipinski definition) is 2. The summed E-state index contributed by atoms with van der Waals surface area (Å²) in [5, 5.41) is 14.0. The average Bonchev–Trinajstić information content (AvgIpc) is 3.77. The number of thiophene rings is 1. The molecule has 0 unspecified atom stereocenters. The number of nitrogens with one attached hydrogen (secondary N) is 2. The van der Waals surface area contributed by atoms with Crippen LogP contribution in [0.2, 0.25) is 0 Å². The molecule has 1 amide bonds. The number of carbonyl (C=O) groups excluding carboxylic acids is 1. The van der Waals surface area contributed by atoms with Gasteiger partial charge in [-0.3, -0.25) is 4.79 Å². The molecule has 0 bridgehead atoms. The molecule has 40 heavy (non-hydrogen) atoms. The molecule has 0 atom stereocenters. The first-order valence-electron chi connectivity index (χ1n) is 13.5. The van der Waals surface area contributed by atoms with Crippen LogP contribution < -0.4 is 15.5 Å². The SMILES string of the molecule is O=C(Nc1ccc(-n2ncc3cc(Nc4ccc(N5CCC6(CC5)OCCO6)cc4)ccc32)cc1)c1cccs1. The molecule has 0 radical (unpaired) electrons. The number of amides is 1. The van der Waals surface area contributed by atoms with Crippen molar-refractivity contribution in [2.75, 3.05) is 41.8 Å². The predicted molar refractivity (Wildman–Crippen MR) is 159 cm³/mol. The van der Waals surface area contributed by atoms with Gasteiger partial charge in [-0.2, -0.15) is 5.10 Å². The number of nitrogens with zero attached hydrogens (tertiary/aromatic N) is 3. The van der Waals surface area contributed by atoms with E-state index in [0.717, 1.165) is 59.6 Å². The van der Waals surface area contributed by atoms with Crippen molar-refractivity contribution < 1.29 is 14.3 Å². The van der Waals surface area contributed by atoms with E-state index in [0.29, 0.717) is 18.1 Å². The highest BCUT2D eigenvalue weighted by Gasteiger charge is 2.39. The molecule has 3 aromatic carbocycles. The second-order valence-electron chi connectivity index (χ2n) is 10.1. The topological polar surface area (TPSA) is 80.7 Å². The summed E-state index contributed by atoms with van der Waals surface area (Å²) < 4.78 is 13.6. The molecule has 2 fully saturated rings. The molecule has 8 nitrogen and oxygen atoms in total. The maximum atomic E-state index is 12.3. The van der Waals surface area contributed by atoms with Gasteiger partial charge in [0.1, 0.15) is 0 Å². The third kappa shape index (κ3) is 4.95. The number of hydrogen-bond acceptors (Lipinski definition) is 7. The standard InChI is InChI=1S/C31H29N5O3S/c37-30(29-2-1-19-40-29)34-24-5-10-27(11-6-24)36-28-12-7-25(20-22(28)21-32-36)33-23-3-8-26(9-4-23)35-15-13-31(14-16-35)38-17-18-39-31/h1-12,19-21,33H,13-18H2,(H,34,37). The Hall–Kier alpha value is -4.18. The molecule has 2 N–H and O–H groups in total. The third-order valence-electron chi connectivity index (χ3n) is 7.54. The molecule has 202 valence electrons. The Kier molecular flexibility index (Phi) is 6.47. The molecule has 7 rings (SSSR count). The fourth-order valence-electron chi connectivity index (χ4n) is 5.42. The Morgan fingerprint density at radius 2 is 1.55 bits per heavy atom. The zero-order chi connectivity index (χ0) is 26.9. The first kappa shape index (κ1) is 24.8. The first-order chi connectivity index (χ1) is 19.6. The lowest BCUT2D eigenvalue weighted by molar-refractivity contribution is -0.169. The lowest BCUT2D eigenvalue weighted by Gasteiger charge is -2.38. The lowest BCUT2D eigenvalue weighted by Crippen LogP contribution is -2.45. The van der Waals surface area contributed by atoms with Crippen molar-refractivity contribution >= 4 is 50.9 Å². The highest BCUT2D eigenvalue weighted by Crippen LogP contribution is 2.34. The molecule has 5 aromatic rings. The van der Waals surface area contributed by atoms with Crippen LogP contribution >= 0.6 is 11.3 Å². The van der Waals surface area contributed by atoms with Gasteiger partial charge < -0.3 is 25.0 Å². The summed E-state index contributed by atoms with van der Waals surface area (Å²) in [7, 11) is 0. The van der Waals surface area contributed by atoms with E-state index >= 15 is 0 Å². The Morgan fingerprint density at radius 3 is 2.27 bits per heavy atom. The molecular weight excluding hydrogens is 522 g/mol. The smallest absolute Gasteiger partial charge is 0.265 e. The van der Waals surface area contributed by atoms with Crippen LogP contribution in [0.4, 0.5) is 22.7 Å². The van der Waals surface area contributed by atoms with E-state index in [1.165, 1.54) is 17.0 Å². The quantitative estimate of drug-likeness (QED) is 0.253. The van der Waals surface area contributed by atoms with Crippen LogP contribution in [0, 0.1) is 0 Å². The van der Waals surface area contributed by atoms with E-state index in [4.69, 9.17) is 9.47 Å². The van der Waals surface area contributed by atoms with Crippen LogP contribution in [0.5, 0.6) is 0 Å². The Labute approximate surface area is 236 Å². The van der Waals surface area contributed by atoms with Gasteiger partial charge in [-0.25, -0.2) is 4.68 Å². The van der Waals surface area contributed by atoms with Gasteiger partial charge in [0.25, 0.3) is 5.91 Å². The van der Waals surface area contributed by atoms with Crippen LogP contribution in [-0.4, -0.2) is 47.8 Å². The van der Waals surface area contributed by atoms with Gasteiger partial charge in [0.05, 0.1) is 35.5 Å². The number of benzene rings is 3. The van der Waals surface area contributed by atoms with E-state index in [1.807, 2.05) is 52.7 Å². The van der Waals surface area contributed by atoms with Crippen molar-refractivity contribution in [1.29, 1.82) is 0 Å². The molecule has 2 aliphatic heterocycles. The van der Waals surface area contributed by atoms with Crippen LogP contribution in [0.1, 0.15) is 22.5 Å². The minimum absolute atomic E-state index is 0.101. The molecule has 4 heterocycles. The molecular formula is C31H29N5O3S. The van der Waals surface area contributed by atoms with Crippen molar-refractivity contribution in [1.82, 2.24) is 9.78 Å². The van der Waals surface area contributed by atoms with E-state index in [2.05, 4.69) is 63.1 Å². The van der Waals surface area contributed by atoms with Gasteiger partial charge >= 0.3 is 0 Å². The maximum absolute atomic E-state index is 12.3. The van der Waals surface area contributed by atoms with Crippen LogP contribution in [0.15, 0.2) is 90.4 Å². The summed E-state index contributed by atoms with van der Waals surface area (Å²) in [5.74, 6) is -0.452. The van der Waals surface area contributed by atoms with E-state index < -0.39 is 0 Å². The highest BCUT2D eigenvalue weighted by molar-refractivity contribution is 7.12. The molecule has 2 saturated heterocycles. The predicted octanol–water partition coefficient (Wildman–Crippen LogP) is 6.43. The van der Waals surface area contributed by atoms with Crippen molar-refractivity contribution in [2.24, 2.45) is 0 Å². The average molecular weight is 552 g/mol. The van der Waals surface area contributed by atoms with Crippen molar-refractivity contribution in [3.8, 4) is 5.69 Å². The van der Waals surface area contributed by atoms with E-state index in [1.54, 1.807) is 0 Å². The minimum atomic E-state index is -0.351. The number of carbonyl (C=O) groups is 1. The lowest BCUT2D eigenvalue weighted by atomic mass is 10.0. The number of fused-ring (bicyclic) bond motifs is 1. The second kappa shape index (κ2) is 10.4. The molecule has 9 heteroatoms. The van der Waals surface area contributed by atoms with Gasteiger partial charge in [0.2, 0.25) is 0 Å². The highest BCUT2D eigenvalue weighted by atomic mass is 32.1. The zero-order valence-corrected chi connectivity index (χ0v) is 22.7. The Morgan fingerprint density at radius 1 is 0.850 bits per heavy atom. The summed E-state index contributed by atoms with van der Waals surface area (Å²) in [5.41, 5.74) is 5.93. The number of ether oxygens (including phenoxy) is 2. The van der Waals surface area contributed by atoms with Gasteiger partial charge in [-0.05, 0) is 78.2 Å². The monoisotopic (exact) mass is 551 g/mol. The summed E-state index contributed by atoms with van der Waals surface area (Å²) in [6.45, 7) is 3.27. The minimum Gasteiger partial charge on any atom is -0.371 e. The van der Waals surface area contributed by atoms with Crippen molar-refractivity contribution in [3.63, 3.8) is 0 Å². The molecule has 1 spiro atoms. The van der Waals surface area contributed by atoms with E-state index in [9.17, 15) is 4.79 Å². The van der Waals surface area contributed by atoms with E-state index in [-0.39, 0.29) is 11.7 Å². The Bertz CT molecular complexity index is 1610. The number of piperidine rings is 1. The summed E-state index contributed by atoms with van der Waals surface area (Å²) in [6.07, 6.45) is 3.67. The van der Waals surface area contributed by atoms with Crippen molar-refractivity contribution in [2.45, 2.75) is 18.6 Å². The fourth-order valence-corrected chi connectivity index (χ4v) is 6.04. The molecule has 0 aliphatic carbocycles. The largest absolute Gasteiger partial charge is 0.371 e. The van der Waals surface area contributed by atoms with Crippen LogP contribution in [0.25, 0.3) is 16.6 Å². The number of aromatic nitrogens is 2. The maximum Gasteiger partial charge on any atom is 0.265 e. The van der Waals surface area contributed by atoms with Crippen molar-refractivity contribution in [3.05, 3.63) is 95.3 Å². The number of anilines is 4. The van der Waals surface area contributed by atoms with Gasteiger partial charge in [-0.1, -0.05) is 6.07 Å². The summed E-state index contributed by atoms with van der Waals surface area (Å²) >= 11 is 1.42. The Balaban J connectivity index is 1.00. The van der Waals surface area contributed by atoms with Gasteiger partial charge in [0.15, 0.2) is 5.79 Å².